The first-order valence-electron chi connectivity index (χ1n) is 6.41. The highest BCUT2D eigenvalue weighted by Crippen LogP contribution is 2.26. The number of pyridine rings is 1. The smallest absolute Gasteiger partial charge is 0.247 e. The van der Waals surface area contributed by atoms with Crippen LogP contribution in [-0.4, -0.2) is 16.9 Å². The van der Waals surface area contributed by atoms with E-state index in [0.717, 1.165) is 16.8 Å². The number of anilines is 2. The molecule has 5 heteroatoms. The van der Waals surface area contributed by atoms with Gasteiger partial charge in [-0.3, -0.25) is 4.79 Å². The monoisotopic (exact) mass is 287 g/mol. The number of para-hydroxylation sites is 1. The molecule has 1 aromatic heterocycles. The predicted molar refractivity (Wildman–Crippen MR) is 80.2 cm³/mol. The van der Waals surface area contributed by atoms with Gasteiger partial charge in [0, 0.05) is 18.3 Å². The maximum Gasteiger partial charge on any atom is 0.247 e. The molecule has 0 fully saturated rings. The van der Waals surface area contributed by atoms with Crippen LogP contribution in [0.2, 0.25) is 5.15 Å². The summed E-state index contributed by atoms with van der Waals surface area (Å²) >= 11 is 5.99. The molecule has 0 saturated carbocycles. The fraction of sp³-hybridized carbons (Fsp3) is 0.200. The van der Waals surface area contributed by atoms with Crippen molar-refractivity contribution in [3.05, 3.63) is 52.8 Å². The van der Waals surface area contributed by atoms with Gasteiger partial charge >= 0.3 is 0 Å². The molecular weight excluding hydrogens is 274 g/mol. The van der Waals surface area contributed by atoms with Gasteiger partial charge in [-0.25, -0.2) is 4.98 Å². The topological polar surface area (TPSA) is 54.0 Å². The number of aryl methyl sites for hydroxylation is 1. The maximum absolute atomic E-state index is 12.3. The molecule has 0 unspecified atom stereocenters. The Bertz CT molecular complexity index is 647. The SMILES string of the molecule is Cc1cnc(Cl)c(NC(=O)[C@@H]2Cc3ccccc3N2)c1. The molecule has 2 heterocycles. The molecule has 4 nitrogen and oxygen atoms in total. The van der Waals surface area contributed by atoms with Crippen LogP contribution in [0, 0.1) is 6.92 Å². The van der Waals surface area contributed by atoms with E-state index in [0.29, 0.717) is 17.3 Å². The van der Waals surface area contributed by atoms with Crippen molar-refractivity contribution in [2.45, 2.75) is 19.4 Å². The Hall–Kier alpha value is -2.07. The summed E-state index contributed by atoms with van der Waals surface area (Å²) in [6.45, 7) is 1.91. The number of fused-ring (bicyclic) bond motifs is 1. The third-order valence-corrected chi connectivity index (χ3v) is 3.62. The van der Waals surface area contributed by atoms with Gasteiger partial charge in [-0.1, -0.05) is 29.8 Å². The zero-order chi connectivity index (χ0) is 14.1. The fourth-order valence-electron chi connectivity index (χ4n) is 2.32. The summed E-state index contributed by atoms with van der Waals surface area (Å²) in [6, 6.07) is 9.47. The number of rotatable bonds is 2. The molecule has 1 aliphatic heterocycles. The van der Waals surface area contributed by atoms with Crippen LogP contribution in [0.1, 0.15) is 11.1 Å². The van der Waals surface area contributed by atoms with E-state index in [9.17, 15) is 4.79 Å². The molecular formula is C15H14ClN3O. The predicted octanol–water partition coefficient (Wildman–Crippen LogP) is 3.02. The maximum atomic E-state index is 12.3. The first-order chi connectivity index (χ1) is 9.63. The molecule has 1 aromatic carbocycles. The first-order valence-corrected chi connectivity index (χ1v) is 6.79. The van der Waals surface area contributed by atoms with E-state index < -0.39 is 0 Å². The highest BCUT2D eigenvalue weighted by Gasteiger charge is 2.26. The second-order valence-corrected chi connectivity index (χ2v) is 5.26. The van der Waals surface area contributed by atoms with E-state index in [1.807, 2.05) is 37.3 Å². The summed E-state index contributed by atoms with van der Waals surface area (Å²) in [6.07, 6.45) is 2.35. The summed E-state index contributed by atoms with van der Waals surface area (Å²) in [7, 11) is 0. The van der Waals surface area contributed by atoms with Crippen molar-refractivity contribution < 1.29 is 4.79 Å². The van der Waals surface area contributed by atoms with Crippen molar-refractivity contribution >= 4 is 28.9 Å². The van der Waals surface area contributed by atoms with Crippen molar-refractivity contribution in [3.8, 4) is 0 Å². The molecule has 0 bridgehead atoms. The molecule has 20 heavy (non-hydrogen) atoms. The molecule has 1 atom stereocenters. The molecule has 0 saturated heterocycles. The van der Waals surface area contributed by atoms with E-state index >= 15 is 0 Å². The van der Waals surface area contributed by atoms with Gasteiger partial charge in [-0.05, 0) is 30.2 Å². The average Bonchev–Trinajstić information content (AvgIpc) is 2.87. The Kier molecular flexibility index (Phi) is 3.32. The van der Waals surface area contributed by atoms with Crippen LogP contribution in [0.5, 0.6) is 0 Å². The summed E-state index contributed by atoms with van der Waals surface area (Å²) in [5, 5.41) is 6.35. The van der Waals surface area contributed by atoms with Gasteiger partial charge in [-0.15, -0.1) is 0 Å². The van der Waals surface area contributed by atoms with Crippen LogP contribution in [0.4, 0.5) is 11.4 Å². The van der Waals surface area contributed by atoms with Crippen molar-refractivity contribution in [1.82, 2.24) is 4.98 Å². The molecule has 2 N–H and O–H groups in total. The standard InChI is InChI=1S/C15H14ClN3O/c1-9-6-12(14(16)17-8-9)19-15(20)13-7-10-4-2-3-5-11(10)18-13/h2-6,8,13,18H,7H2,1H3,(H,19,20)/t13-/m0/s1. The third-order valence-electron chi connectivity index (χ3n) is 3.32. The molecule has 0 aliphatic carbocycles. The van der Waals surface area contributed by atoms with Crippen LogP contribution >= 0.6 is 11.6 Å². The molecule has 3 rings (SSSR count). The van der Waals surface area contributed by atoms with Crippen LogP contribution in [-0.2, 0) is 11.2 Å². The lowest BCUT2D eigenvalue weighted by atomic mass is 10.1. The zero-order valence-electron chi connectivity index (χ0n) is 11.0. The minimum absolute atomic E-state index is 0.101. The van der Waals surface area contributed by atoms with Crippen LogP contribution < -0.4 is 10.6 Å². The summed E-state index contributed by atoms with van der Waals surface area (Å²) in [5.41, 5.74) is 3.67. The third kappa shape index (κ3) is 2.47. The number of carbonyl (C=O) groups is 1. The Balaban J connectivity index is 1.74. The Morgan fingerprint density at radius 3 is 3.05 bits per heavy atom. The number of aromatic nitrogens is 1. The summed E-state index contributed by atoms with van der Waals surface area (Å²) < 4.78 is 0. The van der Waals surface area contributed by atoms with Crippen LogP contribution in [0.15, 0.2) is 36.5 Å². The number of hydrogen-bond acceptors (Lipinski definition) is 3. The molecule has 1 aliphatic rings. The number of halogens is 1. The minimum atomic E-state index is -0.274. The number of hydrogen-bond donors (Lipinski definition) is 2. The van der Waals surface area contributed by atoms with Crippen molar-refractivity contribution in [1.29, 1.82) is 0 Å². The van der Waals surface area contributed by atoms with E-state index in [2.05, 4.69) is 15.6 Å². The lowest BCUT2D eigenvalue weighted by Gasteiger charge is -2.13. The molecule has 0 spiro atoms. The second-order valence-electron chi connectivity index (χ2n) is 4.90. The largest absolute Gasteiger partial charge is 0.373 e. The quantitative estimate of drug-likeness (QED) is 0.835. The normalized spacial score (nSPS) is 16.4. The average molecular weight is 288 g/mol. The van der Waals surface area contributed by atoms with Crippen LogP contribution in [0.3, 0.4) is 0 Å². The second kappa shape index (κ2) is 5.13. The lowest BCUT2D eigenvalue weighted by molar-refractivity contribution is -0.116. The lowest BCUT2D eigenvalue weighted by Crippen LogP contribution is -2.32. The molecule has 102 valence electrons. The van der Waals surface area contributed by atoms with Gasteiger partial charge in [-0.2, -0.15) is 0 Å². The van der Waals surface area contributed by atoms with Crippen molar-refractivity contribution in [3.63, 3.8) is 0 Å². The number of benzene rings is 1. The molecule has 1 amide bonds. The van der Waals surface area contributed by atoms with E-state index in [-0.39, 0.29) is 11.9 Å². The number of nitrogens with one attached hydrogen (secondary N) is 2. The Morgan fingerprint density at radius 2 is 2.25 bits per heavy atom. The number of nitrogens with zero attached hydrogens (tertiary/aromatic N) is 1. The number of amides is 1. The Labute approximate surface area is 122 Å². The van der Waals surface area contributed by atoms with Crippen LogP contribution in [0.25, 0.3) is 0 Å². The Morgan fingerprint density at radius 1 is 1.45 bits per heavy atom. The van der Waals surface area contributed by atoms with E-state index in [1.54, 1.807) is 6.20 Å². The van der Waals surface area contributed by atoms with Crippen molar-refractivity contribution in [2.24, 2.45) is 0 Å². The minimum Gasteiger partial charge on any atom is -0.373 e. The van der Waals surface area contributed by atoms with Gasteiger partial charge in [0.05, 0.1) is 5.69 Å². The van der Waals surface area contributed by atoms with Gasteiger partial charge in [0.25, 0.3) is 0 Å². The van der Waals surface area contributed by atoms with Crippen molar-refractivity contribution in [2.75, 3.05) is 10.6 Å². The van der Waals surface area contributed by atoms with Gasteiger partial charge < -0.3 is 10.6 Å². The number of carbonyl (C=O) groups excluding carboxylic acids is 1. The zero-order valence-corrected chi connectivity index (χ0v) is 11.7. The van der Waals surface area contributed by atoms with Gasteiger partial charge in [0.1, 0.15) is 6.04 Å². The summed E-state index contributed by atoms with van der Waals surface area (Å²) in [5.74, 6) is -0.101. The van der Waals surface area contributed by atoms with Gasteiger partial charge in [0.2, 0.25) is 5.91 Å². The van der Waals surface area contributed by atoms with E-state index in [4.69, 9.17) is 11.6 Å². The molecule has 2 aromatic rings. The summed E-state index contributed by atoms with van der Waals surface area (Å²) in [4.78, 5) is 16.3. The first kappa shape index (κ1) is 12.9. The van der Waals surface area contributed by atoms with Gasteiger partial charge in [0.15, 0.2) is 5.15 Å². The highest BCUT2D eigenvalue weighted by molar-refractivity contribution is 6.32. The molecule has 0 radical (unpaired) electrons. The highest BCUT2D eigenvalue weighted by atomic mass is 35.5. The van der Waals surface area contributed by atoms with E-state index in [1.165, 1.54) is 0 Å². The fourth-order valence-corrected chi connectivity index (χ4v) is 2.47.